The van der Waals surface area contributed by atoms with E-state index in [9.17, 15) is 0 Å². The molecule has 0 amide bonds. The Morgan fingerprint density at radius 1 is 0.500 bits per heavy atom. The Morgan fingerprint density at radius 3 is 1.06 bits per heavy atom. The molecule has 32 heavy (non-hydrogen) atoms. The molecule has 0 radical (unpaired) electrons. The van der Waals surface area contributed by atoms with Crippen LogP contribution in [0.3, 0.4) is 0 Å². The summed E-state index contributed by atoms with van der Waals surface area (Å²) in [5.74, 6) is 2.50. The lowest BCUT2D eigenvalue weighted by molar-refractivity contribution is 0.469. The average Bonchev–Trinajstić information content (AvgIpc) is 2.77. The molecule has 0 aliphatic heterocycles. The molecule has 8 N–H and O–H groups in total. The quantitative estimate of drug-likeness (QED) is 0.243. The average molecular weight is 430 g/mol. The topological polar surface area (TPSA) is 172 Å². The van der Waals surface area contributed by atoms with E-state index in [0.717, 1.165) is 11.1 Å². The summed E-state index contributed by atoms with van der Waals surface area (Å²) in [6.45, 7) is 0. The Hall–Kier alpha value is -4.86. The first kappa shape index (κ1) is 21.8. The molecule has 3 aromatic carbocycles. The Balaban J connectivity index is 1.56. The number of hydrogen-bond acceptors (Lipinski definition) is 6. The third-order valence-electron chi connectivity index (χ3n) is 3.82. The van der Waals surface area contributed by atoms with Crippen molar-refractivity contribution in [2.75, 3.05) is 0 Å². The summed E-state index contributed by atoms with van der Waals surface area (Å²) in [5, 5.41) is 14.6. The van der Waals surface area contributed by atoms with Gasteiger partial charge in [0.05, 0.1) is 12.4 Å². The number of guanidine groups is 2. The van der Waals surface area contributed by atoms with E-state index < -0.39 is 0 Å². The van der Waals surface area contributed by atoms with E-state index in [2.05, 4.69) is 20.4 Å². The fraction of sp³-hybridized carbons (Fsp3) is 0. The number of nitrogens with two attached hydrogens (primary N) is 4. The lowest BCUT2D eigenvalue weighted by atomic mass is 10.2. The molecular weight excluding hydrogens is 408 g/mol. The number of rotatable bonds is 8. The largest absolute Gasteiger partial charge is 0.457 e. The molecule has 3 aromatic rings. The first-order valence-corrected chi connectivity index (χ1v) is 9.38. The predicted molar refractivity (Wildman–Crippen MR) is 126 cm³/mol. The molecule has 0 spiro atoms. The van der Waals surface area contributed by atoms with Crippen molar-refractivity contribution >= 4 is 24.3 Å². The monoisotopic (exact) mass is 430 g/mol. The maximum Gasteiger partial charge on any atom is 0.211 e. The maximum atomic E-state index is 5.84. The maximum absolute atomic E-state index is 5.84. The highest BCUT2D eigenvalue weighted by Crippen LogP contribution is 2.27. The van der Waals surface area contributed by atoms with Gasteiger partial charge in [-0.25, -0.2) is 0 Å². The van der Waals surface area contributed by atoms with Gasteiger partial charge in [0.2, 0.25) is 11.9 Å². The zero-order valence-corrected chi connectivity index (χ0v) is 17.0. The third kappa shape index (κ3) is 7.19. The number of benzene rings is 3. The highest BCUT2D eigenvalue weighted by molar-refractivity contribution is 5.82. The summed E-state index contributed by atoms with van der Waals surface area (Å²) in [6.07, 6.45) is 3.08. The van der Waals surface area contributed by atoms with Crippen LogP contribution in [-0.2, 0) is 0 Å². The molecule has 0 saturated heterocycles. The molecule has 0 unspecified atom stereocenters. The Kier molecular flexibility index (Phi) is 7.36. The van der Waals surface area contributed by atoms with Crippen LogP contribution in [0.15, 0.2) is 93.2 Å². The Bertz CT molecular complexity index is 1040. The Morgan fingerprint density at radius 2 is 0.781 bits per heavy atom. The molecule has 0 fully saturated rings. The van der Waals surface area contributed by atoms with E-state index in [0.29, 0.717) is 23.0 Å². The van der Waals surface area contributed by atoms with Crippen LogP contribution in [0.1, 0.15) is 11.1 Å². The lowest BCUT2D eigenvalue weighted by Crippen LogP contribution is -2.21. The summed E-state index contributed by atoms with van der Waals surface area (Å²) in [4.78, 5) is 0. The molecule has 0 heterocycles. The first-order chi connectivity index (χ1) is 15.5. The van der Waals surface area contributed by atoms with Crippen molar-refractivity contribution < 1.29 is 9.47 Å². The molecule has 10 nitrogen and oxygen atoms in total. The molecule has 0 bridgehead atoms. The van der Waals surface area contributed by atoms with Crippen molar-refractivity contribution in [2.24, 2.45) is 43.3 Å². The zero-order valence-electron chi connectivity index (χ0n) is 17.0. The summed E-state index contributed by atoms with van der Waals surface area (Å²) >= 11 is 0. The van der Waals surface area contributed by atoms with Crippen LogP contribution >= 0.6 is 0 Å². The van der Waals surface area contributed by atoms with Crippen molar-refractivity contribution in [3.05, 3.63) is 83.9 Å². The van der Waals surface area contributed by atoms with Gasteiger partial charge in [-0.05, 0) is 83.9 Å². The lowest BCUT2D eigenvalue weighted by Gasteiger charge is -2.08. The summed E-state index contributed by atoms with van der Waals surface area (Å²) in [6, 6.07) is 21.9. The molecule has 0 aromatic heterocycles. The van der Waals surface area contributed by atoms with E-state index in [1.54, 1.807) is 12.4 Å². The minimum absolute atomic E-state index is 0.0976. The van der Waals surface area contributed by atoms with Gasteiger partial charge in [0.25, 0.3) is 0 Å². The van der Waals surface area contributed by atoms with Crippen molar-refractivity contribution in [3.63, 3.8) is 0 Å². The fourth-order valence-electron chi connectivity index (χ4n) is 2.42. The smallest absolute Gasteiger partial charge is 0.211 e. The van der Waals surface area contributed by atoms with E-state index >= 15 is 0 Å². The molecular formula is C22H22N8O2. The van der Waals surface area contributed by atoms with Crippen LogP contribution in [-0.4, -0.2) is 24.3 Å². The van der Waals surface area contributed by atoms with Gasteiger partial charge in [-0.2, -0.15) is 10.2 Å². The minimum Gasteiger partial charge on any atom is -0.457 e. The molecule has 162 valence electrons. The van der Waals surface area contributed by atoms with Crippen LogP contribution in [0.25, 0.3) is 0 Å². The zero-order chi connectivity index (χ0) is 22.8. The highest BCUT2D eigenvalue weighted by Gasteiger charge is 2.01. The molecule has 10 heteroatoms. The van der Waals surface area contributed by atoms with Gasteiger partial charge in [-0.1, -0.05) is 0 Å². The van der Waals surface area contributed by atoms with Crippen LogP contribution in [0.4, 0.5) is 0 Å². The molecule has 0 aliphatic carbocycles. The summed E-state index contributed by atoms with van der Waals surface area (Å²) < 4.78 is 11.7. The second kappa shape index (κ2) is 10.8. The minimum atomic E-state index is -0.0976. The first-order valence-electron chi connectivity index (χ1n) is 9.38. The van der Waals surface area contributed by atoms with Crippen LogP contribution in [0.5, 0.6) is 23.0 Å². The molecule has 0 saturated carbocycles. The second-order valence-corrected chi connectivity index (χ2v) is 6.35. The number of nitrogens with zero attached hydrogens (tertiary/aromatic N) is 4. The number of ether oxygens (including phenoxy) is 2. The normalized spacial score (nSPS) is 10.8. The van der Waals surface area contributed by atoms with Crippen LogP contribution in [0.2, 0.25) is 0 Å². The summed E-state index contributed by atoms with van der Waals surface area (Å²) in [5.41, 5.74) is 22.5. The van der Waals surface area contributed by atoms with Gasteiger partial charge in [0.1, 0.15) is 23.0 Å². The number of hydrogen-bond donors (Lipinski definition) is 4. The van der Waals surface area contributed by atoms with Gasteiger partial charge < -0.3 is 32.4 Å². The SMILES string of the molecule is NC(N)=N/N=C/c1ccc(Oc2ccc(Oc3ccc(/C=N/N=C(N)N)cc3)cc2)cc1. The van der Waals surface area contributed by atoms with Crippen LogP contribution < -0.4 is 32.4 Å². The molecule has 3 rings (SSSR count). The third-order valence-corrected chi connectivity index (χ3v) is 3.82. The van der Waals surface area contributed by atoms with Gasteiger partial charge in [-0.3, -0.25) is 0 Å². The van der Waals surface area contributed by atoms with Crippen molar-refractivity contribution in [1.29, 1.82) is 0 Å². The van der Waals surface area contributed by atoms with Crippen molar-refractivity contribution in [3.8, 4) is 23.0 Å². The predicted octanol–water partition coefficient (Wildman–Crippen LogP) is 2.49. The van der Waals surface area contributed by atoms with Crippen LogP contribution in [0, 0.1) is 0 Å². The summed E-state index contributed by atoms with van der Waals surface area (Å²) in [7, 11) is 0. The van der Waals surface area contributed by atoms with Gasteiger partial charge in [-0.15, -0.1) is 10.2 Å². The molecule has 0 atom stereocenters. The Labute approximate surface area is 184 Å². The van der Waals surface area contributed by atoms with Gasteiger partial charge in [0.15, 0.2) is 0 Å². The fourth-order valence-corrected chi connectivity index (χ4v) is 2.42. The van der Waals surface area contributed by atoms with E-state index in [1.807, 2.05) is 72.8 Å². The van der Waals surface area contributed by atoms with Gasteiger partial charge in [0, 0.05) is 0 Å². The van der Waals surface area contributed by atoms with E-state index in [-0.39, 0.29) is 11.9 Å². The van der Waals surface area contributed by atoms with E-state index in [4.69, 9.17) is 32.4 Å². The van der Waals surface area contributed by atoms with E-state index in [1.165, 1.54) is 0 Å². The highest BCUT2D eigenvalue weighted by atomic mass is 16.5. The van der Waals surface area contributed by atoms with Gasteiger partial charge >= 0.3 is 0 Å². The van der Waals surface area contributed by atoms with Crippen molar-refractivity contribution in [2.45, 2.75) is 0 Å². The molecule has 0 aliphatic rings. The standard InChI is InChI=1S/C22H22N8O2/c23-21(24)29-27-13-15-1-5-17(6-2-15)31-19-9-11-20(12-10-19)32-18-7-3-16(4-8-18)14-28-30-22(25)26/h1-14H,(H4,23,24,29)(H4,25,26,30)/b27-13+,28-14+. The second-order valence-electron chi connectivity index (χ2n) is 6.35. The van der Waals surface area contributed by atoms with Crippen molar-refractivity contribution in [1.82, 2.24) is 0 Å².